The lowest BCUT2D eigenvalue weighted by molar-refractivity contribution is -0.703. The zero-order valence-corrected chi connectivity index (χ0v) is 18.7. The highest BCUT2D eigenvalue weighted by Gasteiger charge is 2.55. The van der Waals surface area contributed by atoms with Gasteiger partial charge < -0.3 is 26.6 Å². The second-order valence-electron chi connectivity index (χ2n) is 5.44. The molecule has 0 radical (unpaired) electrons. The largest absolute Gasteiger partial charge is 0.543 e. The molecular weight excluding hydrogens is 358 g/mol. The predicted molar refractivity (Wildman–Crippen MR) is 99.1 cm³/mol. The molecular formula is C16H32NO6Si2+. The van der Waals surface area contributed by atoms with Gasteiger partial charge in [-0.1, -0.05) is 13.8 Å². The first-order valence-corrected chi connectivity index (χ1v) is 11.8. The van der Waals surface area contributed by atoms with Crippen LogP contribution < -0.4 is 14.9 Å². The molecule has 0 fully saturated rings. The fourth-order valence-electron chi connectivity index (χ4n) is 3.20. The quantitative estimate of drug-likeness (QED) is 0.395. The first kappa shape index (κ1) is 22.4. The summed E-state index contributed by atoms with van der Waals surface area (Å²) in [7, 11) is 3.35. The SMILES string of the molecule is CCC[n+]1ccc([Si](OC)(OC)OC)c([Si](OC)(OC)OC)c1CC. The molecule has 0 aliphatic heterocycles. The van der Waals surface area contributed by atoms with E-state index in [4.69, 9.17) is 26.6 Å². The van der Waals surface area contributed by atoms with Crippen LogP contribution in [0.2, 0.25) is 0 Å². The molecule has 7 nitrogen and oxygen atoms in total. The van der Waals surface area contributed by atoms with Crippen LogP contribution >= 0.6 is 0 Å². The number of nitrogens with zero attached hydrogens (tertiary/aromatic N) is 1. The topological polar surface area (TPSA) is 59.3 Å². The van der Waals surface area contributed by atoms with Gasteiger partial charge in [-0.25, -0.2) is 4.57 Å². The standard InChI is InChI=1S/C16H32NO6Si2/c1-9-12-17-13-11-15(24(18-3,19-4)20-5)16(14(17)10-2)25(21-6,22-7)23-8/h11,13H,9-10,12H2,1-8H3/q+1. The Bertz CT molecular complexity index is 533. The summed E-state index contributed by atoms with van der Waals surface area (Å²) >= 11 is 0. The van der Waals surface area contributed by atoms with Gasteiger partial charge in [0.2, 0.25) is 0 Å². The van der Waals surface area contributed by atoms with Crippen molar-refractivity contribution in [1.29, 1.82) is 0 Å². The fraction of sp³-hybridized carbons (Fsp3) is 0.688. The molecule has 0 unspecified atom stereocenters. The molecule has 0 aromatic carbocycles. The van der Waals surface area contributed by atoms with E-state index in [2.05, 4.69) is 18.4 Å². The highest BCUT2D eigenvalue weighted by molar-refractivity contribution is 6.86. The van der Waals surface area contributed by atoms with Crippen LogP contribution in [-0.4, -0.2) is 60.3 Å². The number of hydrogen-bond acceptors (Lipinski definition) is 6. The van der Waals surface area contributed by atoms with Crippen molar-refractivity contribution in [1.82, 2.24) is 0 Å². The zero-order chi connectivity index (χ0) is 19.1. The molecule has 0 saturated carbocycles. The summed E-state index contributed by atoms with van der Waals surface area (Å²) in [5.74, 6) is 0. The van der Waals surface area contributed by atoms with Crippen molar-refractivity contribution in [2.45, 2.75) is 33.2 Å². The van der Waals surface area contributed by atoms with Crippen LogP contribution in [0.1, 0.15) is 26.0 Å². The van der Waals surface area contributed by atoms with Crippen LogP contribution in [0, 0.1) is 0 Å². The molecule has 0 bridgehead atoms. The van der Waals surface area contributed by atoms with Gasteiger partial charge in [0.1, 0.15) is 6.54 Å². The maximum Gasteiger partial charge on any atom is 0.543 e. The first-order chi connectivity index (χ1) is 12.0. The summed E-state index contributed by atoms with van der Waals surface area (Å²) in [6, 6.07) is 1.98. The molecule has 0 aliphatic rings. The monoisotopic (exact) mass is 390 g/mol. The highest BCUT2D eigenvalue weighted by atomic mass is 28.4. The van der Waals surface area contributed by atoms with Crippen molar-refractivity contribution in [2.24, 2.45) is 0 Å². The third-order valence-electron chi connectivity index (χ3n) is 4.37. The third-order valence-corrected chi connectivity index (χ3v) is 10.1. The Morgan fingerprint density at radius 1 is 0.800 bits per heavy atom. The second-order valence-corrected chi connectivity index (χ2v) is 11.1. The van der Waals surface area contributed by atoms with Crippen LogP contribution in [0.25, 0.3) is 0 Å². The Hall–Kier alpha value is -0.656. The highest BCUT2D eigenvalue weighted by Crippen LogP contribution is 2.13. The third kappa shape index (κ3) is 4.03. The Balaban J connectivity index is 3.91. The lowest BCUT2D eigenvalue weighted by Crippen LogP contribution is -2.72. The molecule has 1 rings (SSSR count). The number of rotatable bonds is 11. The van der Waals surface area contributed by atoms with Crippen LogP contribution in [0.5, 0.6) is 0 Å². The van der Waals surface area contributed by atoms with Gasteiger partial charge in [0.05, 0.1) is 5.19 Å². The average molecular weight is 391 g/mol. The van der Waals surface area contributed by atoms with Gasteiger partial charge in [-0.15, -0.1) is 0 Å². The van der Waals surface area contributed by atoms with E-state index in [0.717, 1.165) is 35.5 Å². The number of aromatic nitrogens is 1. The Morgan fingerprint density at radius 3 is 1.64 bits per heavy atom. The maximum absolute atomic E-state index is 5.80. The van der Waals surface area contributed by atoms with Crippen LogP contribution in [0.3, 0.4) is 0 Å². The van der Waals surface area contributed by atoms with Gasteiger partial charge in [0.15, 0.2) is 11.9 Å². The number of hydrogen-bond donors (Lipinski definition) is 0. The summed E-state index contributed by atoms with van der Waals surface area (Å²) in [6.07, 6.45) is 3.84. The van der Waals surface area contributed by atoms with E-state index in [0.29, 0.717) is 0 Å². The molecule has 25 heavy (non-hydrogen) atoms. The average Bonchev–Trinajstić information content (AvgIpc) is 2.66. The summed E-state index contributed by atoms with van der Waals surface area (Å²) in [5, 5.41) is 1.69. The molecule has 144 valence electrons. The van der Waals surface area contributed by atoms with Gasteiger partial charge in [-0.05, 0) is 0 Å². The lowest BCUT2D eigenvalue weighted by Gasteiger charge is -2.32. The Labute approximate surface area is 153 Å². The molecule has 9 heteroatoms. The summed E-state index contributed by atoms with van der Waals surface area (Å²) in [5.41, 5.74) is 1.08. The van der Waals surface area contributed by atoms with Crippen LogP contribution in [0.15, 0.2) is 12.3 Å². The summed E-state index contributed by atoms with van der Waals surface area (Å²) in [6.45, 7) is 5.14. The van der Waals surface area contributed by atoms with Gasteiger partial charge in [0, 0.05) is 66.8 Å². The molecule has 0 spiro atoms. The molecule has 1 aromatic heterocycles. The minimum atomic E-state index is -3.15. The fourth-order valence-corrected chi connectivity index (χ4v) is 8.21. The normalized spacial score (nSPS) is 12.6. The van der Waals surface area contributed by atoms with Crippen molar-refractivity contribution in [2.75, 3.05) is 42.7 Å². The molecule has 0 atom stereocenters. The minimum absolute atomic E-state index is 0.787. The molecule has 0 amide bonds. The minimum Gasteiger partial charge on any atom is -0.373 e. The number of aryl methyl sites for hydroxylation is 1. The predicted octanol–water partition coefficient (Wildman–Crippen LogP) is 0.117. The molecule has 1 aromatic rings. The van der Waals surface area contributed by atoms with Crippen molar-refractivity contribution in [3.8, 4) is 0 Å². The lowest BCUT2D eigenvalue weighted by atomic mass is 10.2. The van der Waals surface area contributed by atoms with E-state index < -0.39 is 17.6 Å². The van der Waals surface area contributed by atoms with E-state index >= 15 is 0 Å². The number of pyridine rings is 1. The molecule has 1 heterocycles. The first-order valence-electron chi connectivity index (χ1n) is 8.36. The Kier molecular flexibility index (Phi) is 8.85. The van der Waals surface area contributed by atoms with E-state index in [1.807, 2.05) is 12.3 Å². The second kappa shape index (κ2) is 9.88. The van der Waals surface area contributed by atoms with Crippen molar-refractivity contribution in [3.05, 3.63) is 18.0 Å². The van der Waals surface area contributed by atoms with Gasteiger partial charge in [-0.2, -0.15) is 0 Å². The van der Waals surface area contributed by atoms with Gasteiger partial charge in [0.25, 0.3) is 0 Å². The van der Waals surface area contributed by atoms with Crippen LogP contribution in [-0.2, 0) is 39.5 Å². The Morgan fingerprint density at radius 2 is 1.28 bits per heavy atom. The molecule has 0 aliphatic carbocycles. The van der Waals surface area contributed by atoms with E-state index in [1.54, 1.807) is 42.7 Å². The van der Waals surface area contributed by atoms with Crippen molar-refractivity contribution >= 4 is 28.0 Å². The van der Waals surface area contributed by atoms with E-state index in [-0.39, 0.29) is 0 Å². The smallest absolute Gasteiger partial charge is 0.373 e. The maximum atomic E-state index is 5.80. The summed E-state index contributed by atoms with van der Waals surface area (Å²) in [4.78, 5) is 0. The van der Waals surface area contributed by atoms with Crippen LogP contribution in [0.4, 0.5) is 0 Å². The van der Waals surface area contributed by atoms with Gasteiger partial charge in [-0.3, -0.25) is 0 Å². The van der Waals surface area contributed by atoms with E-state index in [9.17, 15) is 0 Å². The van der Waals surface area contributed by atoms with E-state index in [1.165, 1.54) is 0 Å². The van der Waals surface area contributed by atoms with Crippen molar-refractivity contribution in [3.63, 3.8) is 0 Å². The molecule has 0 saturated heterocycles. The van der Waals surface area contributed by atoms with Gasteiger partial charge >= 0.3 is 17.6 Å². The molecule has 0 N–H and O–H groups in total. The van der Waals surface area contributed by atoms with Crippen molar-refractivity contribution < 1.29 is 31.1 Å². The zero-order valence-electron chi connectivity index (χ0n) is 16.7. The summed E-state index contributed by atoms with van der Waals surface area (Å²) < 4.78 is 36.8.